The zero-order valence-corrected chi connectivity index (χ0v) is 20.5. The van der Waals surface area contributed by atoms with Gasteiger partial charge in [-0.05, 0) is 108 Å². The van der Waals surface area contributed by atoms with E-state index in [0.717, 1.165) is 22.7 Å². The predicted octanol–water partition coefficient (Wildman–Crippen LogP) is 7.04. The fourth-order valence-electron chi connectivity index (χ4n) is 4.14. The SMILES string of the molecule is Cc1ccc(N2C(=S)N[C@@H](c3ccccn3)[C@H]2c2ccc(-c3ccc(F)cc3Br)o2)cc1C. The van der Waals surface area contributed by atoms with Crippen molar-refractivity contribution in [3.63, 3.8) is 0 Å². The van der Waals surface area contributed by atoms with E-state index in [2.05, 4.69) is 63.2 Å². The summed E-state index contributed by atoms with van der Waals surface area (Å²) in [5.41, 5.74) is 5.04. The number of benzene rings is 2. The summed E-state index contributed by atoms with van der Waals surface area (Å²) in [5, 5.41) is 4.06. The van der Waals surface area contributed by atoms with E-state index >= 15 is 0 Å². The Morgan fingerprint density at radius 1 is 1.03 bits per heavy atom. The summed E-state index contributed by atoms with van der Waals surface area (Å²) in [7, 11) is 0. The second-order valence-electron chi connectivity index (χ2n) is 8.09. The van der Waals surface area contributed by atoms with Gasteiger partial charge < -0.3 is 14.6 Å². The lowest BCUT2D eigenvalue weighted by atomic mass is 10.0. The average Bonchev–Trinajstić information content (AvgIpc) is 3.41. The van der Waals surface area contributed by atoms with E-state index in [1.807, 2.05) is 30.3 Å². The highest BCUT2D eigenvalue weighted by Crippen LogP contribution is 2.43. The minimum Gasteiger partial charge on any atom is -0.459 e. The molecule has 5 rings (SSSR count). The molecule has 2 aromatic heterocycles. The van der Waals surface area contributed by atoms with Gasteiger partial charge in [0.2, 0.25) is 0 Å². The molecule has 4 aromatic rings. The predicted molar refractivity (Wildman–Crippen MR) is 136 cm³/mol. The smallest absolute Gasteiger partial charge is 0.174 e. The topological polar surface area (TPSA) is 41.3 Å². The van der Waals surface area contributed by atoms with Gasteiger partial charge in [0.1, 0.15) is 23.4 Å². The van der Waals surface area contributed by atoms with Crippen LogP contribution in [0.1, 0.15) is 34.7 Å². The minimum atomic E-state index is -0.307. The van der Waals surface area contributed by atoms with Crippen LogP contribution in [0.5, 0.6) is 0 Å². The molecule has 0 unspecified atom stereocenters. The van der Waals surface area contributed by atoms with Crippen molar-refractivity contribution in [3.05, 3.63) is 106 Å². The largest absolute Gasteiger partial charge is 0.459 e. The first kappa shape index (κ1) is 21.8. The van der Waals surface area contributed by atoms with Crippen LogP contribution in [0.15, 0.2) is 81.8 Å². The number of furan rings is 1. The lowest BCUT2D eigenvalue weighted by Crippen LogP contribution is -2.29. The van der Waals surface area contributed by atoms with E-state index in [1.54, 1.807) is 12.3 Å². The maximum absolute atomic E-state index is 13.6. The lowest BCUT2D eigenvalue weighted by molar-refractivity contribution is 0.439. The zero-order valence-electron chi connectivity index (χ0n) is 18.0. The van der Waals surface area contributed by atoms with Crippen molar-refractivity contribution < 1.29 is 8.81 Å². The van der Waals surface area contributed by atoms with Gasteiger partial charge in [-0.1, -0.05) is 12.1 Å². The Labute approximate surface area is 205 Å². The summed E-state index contributed by atoms with van der Waals surface area (Å²) >= 11 is 9.23. The van der Waals surface area contributed by atoms with Crippen LogP contribution in [0.4, 0.5) is 10.1 Å². The molecular formula is C26H21BrFN3OS. The van der Waals surface area contributed by atoms with Crippen molar-refractivity contribution in [2.45, 2.75) is 25.9 Å². The maximum atomic E-state index is 13.6. The van der Waals surface area contributed by atoms with Crippen molar-refractivity contribution >= 4 is 38.9 Å². The van der Waals surface area contributed by atoms with Crippen LogP contribution in [-0.2, 0) is 0 Å². The summed E-state index contributed by atoms with van der Waals surface area (Å²) in [6, 6.07) is 20.1. The second-order valence-corrected chi connectivity index (χ2v) is 9.33. The van der Waals surface area contributed by atoms with Crippen molar-refractivity contribution in [1.82, 2.24) is 10.3 Å². The Balaban J connectivity index is 1.61. The number of hydrogen-bond donors (Lipinski definition) is 1. The lowest BCUT2D eigenvalue weighted by Gasteiger charge is -2.26. The monoisotopic (exact) mass is 521 g/mol. The molecule has 1 aliphatic rings. The van der Waals surface area contributed by atoms with E-state index in [9.17, 15) is 4.39 Å². The third kappa shape index (κ3) is 4.07. The Morgan fingerprint density at radius 2 is 1.88 bits per heavy atom. The Morgan fingerprint density at radius 3 is 2.61 bits per heavy atom. The summed E-state index contributed by atoms with van der Waals surface area (Å²) in [6.07, 6.45) is 1.78. The first-order valence-corrected chi connectivity index (χ1v) is 11.8. The van der Waals surface area contributed by atoms with Crippen molar-refractivity contribution in [2.75, 3.05) is 4.90 Å². The molecule has 33 heavy (non-hydrogen) atoms. The molecule has 1 N–H and O–H groups in total. The fourth-order valence-corrected chi connectivity index (χ4v) is 5.04. The first-order chi connectivity index (χ1) is 15.9. The molecular weight excluding hydrogens is 501 g/mol. The molecule has 0 saturated carbocycles. The van der Waals surface area contributed by atoms with Crippen LogP contribution in [0.3, 0.4) is 0 Å². The summed E-state index contributed by atoms with van der Waals surface area (Å²) in [5.74, 6) is 1.08. The van der Waals surface area contributed by atoms with Crippen molar-refractivity contribution in [1.29, 1.82) is 0 Å². The number of halogens is 2. The van der Waals surface area contributed by atoms with Gasteiger partial charge in [0.15, 0.2) is 5.11 Å². The molecule has 1 aliphatic heterocycles. The Hall–Kier alpha value is -3.03. The van der Waals surface area contributed by atoms with E-state index in [4.69, 9.17) is 16.6 Å². The van der Waals surface area contributed by atoms with Gasteiger partial charge >= 0.3 is 0 Å². The Kier molecular flexibility index (Phi) is 5.76. The molecule has 0 aliphatic carbocycles. The third-order valence-electron chi connectivity index (χ3n) is 5.98. The number of aryl methyl sites for hydroxylation is 2. The van der Waals surface area contributed by atoms with Crippen LogP contribution < -0.4 is 10.2 Å². The maximum Gasteiger partial charge on any atom is 0.174 e. The molecule has 7 heteroatoms. The third-order valence-corrected chi connectivity index (χ3v) is 6.95. The molecule has 2 atom stereocenters. The molecule has 0 spiro atoms. The van der Waals surface area contributed by atoms with Crippen molar-refractivity contribution in [2.24, 2.45) is 0 Å². The number of thiocarbonyl (C=S) groups is 1. The van der Waals surface area contributed by atoms with Crippen molar-refractivity contribution in [3.8, 4) is 11.3 Å². The summed E-state index contributed by atoms with van der Waals surface area (Å²) < 4.78 is 20.6. The number of aromatic nitrogens is 1. The highest BCUT2D eigenvalue weighted by molar-refractivity contribution is 9.10. The van der Waals surface area contributed by atoms with E-state index < -0.39 is 0 Å². The van der Waals surface area contributed by atoms with Gasteiger partial charge in [0.25, 0.3) is 0 Å². The molecule has 0 bridgehead atoms. The van der Waals surface area contributed by atoms with E-state index in [1.165, 1.54) is 23.3 Å². The summed E-state index contributed by atoms with van der Waals surface area (Å²) in [6.45, 7) is 4.18. The zero-order chi connectivity index (χ0) is 23.1. The number of hydrogen-bond acceptors (Lipinski definition) is 3. The minimum absolute atomic E-state index is 0.198. The standard InChI is InChI=1S/C26H21BrFN3OS/c1-15-6-8-18(13-16(15)2)31-25(24(30-26(31)33)21-5-3-4-12-29-21)23-11-10-22(32-23)19-9-7-17(28)14-20(19)27/h3-14,24-25H,1-2H3,(H,30,33)/t24-,25+/m0/s1. The molecule has 166 valence electrons. The quantitative estimate of drug-likeness (QED) is 0.291. The van der Waals surface area contributed by atoms with Gasteiger partial charge in [-0.3, -0.25) is 4.98 Å². The van der Waals surface area contributed by atoms with E-state index in [0.29, 0.717) is 15.3 Å². The molecule has 0 amide bonds. The van der Waals surface area contributed by atoms with Crippen LogP contribution >= 0.6 is 28.1 Å². The highest BCUT2D eigenvalue weighted by Gasteiger charge is 2.42. The number of nitrogens with one attached hydrogen (secondary N) is 1. The Bertz CT molecular complexity index is 1340. The van der Waals surface area contributed by atoms with E-state index in [-0.39, 0.29) is 17.9 Å². The summed E-state index contributed by atoms with van der Waals surface area (Å²) in [4.78, 5) is 6.67. The molecule has 0 radical (unpaired) electrons. The normalized spacial score (nSPS) is 17.9. The highest BCUT2D eigenvalue weighted by atomic mass is 79.9. The number of pyridine rings is 1. The molecule has 2 aromatic carbocycles. The van der Waals surface area contributed by atoms with Gasteiger partial charge in [0.05, 0.1) is 11.7 Å². The molecule has 1 fully saturated rings. The van der Waals surface area contributed by atoms with Gasteiger partial charge in [0, 0.05) is 21.9 Å². The molecule has 3 heterocycles. The average molecular weight is 522 g/mol. The van der Waals surface area contributed by atoms with Gasteiger partial charge in [-0.15, -0.1) is 0 Å². The van der Waals surface area contributed by atoms with Crippen LogP contribution in [0.2, 0.25) is 0 Å². The second kappa shape index (κ2) is 8.72. The first-order valence-electron chi connectivity index (χ1n) is 10.6. The molecule has 4 nitrogen and oxygen atoms in total. The van der Waals surface area contributed by atoms with Crippen LogP contribution in [0, 0.1) is 19.7 Å². The van der Waals surface area contributed by atoms with Crippen LogP contribution in [-0.4, -0.2) is 10.1 Å². The number of anilines is 1. The number of nitrogens with zero attached hydrogens (tertiary/aromatic N) is 2. The fraction of sp³-hybridized carbons (Fsp3) is 0.154. The van der Waals surface area contributed by atoms with Crippen LogP contribution in [0.25, 0.3) is 11.3 Å². The molecule has 1 saturated heterocycles. The van der Waals surface area contributed by atoms with Gasteiger partial charge in [-0.2, -0.15) is 0 Å². The van der Waals surface area contributed by atoms with Gasteiger partial charge in [-0.25, -0.2) is 4.39 Å². The number of rotatable bonds is 4.